The third-order valence-electron chi connectivity index (χ3n) is 5.89. The molecule has 0 radical (unpaired) electrons. The predicted octanol–water partition coefficient (Wildman–Crippen LogP) is 3.96. The van der Waals surface area contributed by atoms with E-state index in [4.69, 9.17) is 4.74 Å². The van der Waals surface area contributed by atoms with E-state index in [1.54, 1.807) is 19.2 Å². The van der Waals surface area contributed by atoms with Crippen LogP contribution in [0.25, 0.3) is 0 Å². The molecule has 3 rings (SSSR count). The first-order chi connectivity index (χ1) is 13.6. The largest absolute Gasteiger partial charge is 0.497 e. The average molecular weight is 418 g/mol. The van der Waals surface area contributed by atoms with E-state index >= 15 is 0 Å². The van der Waals surface area contributed by atoms with E-state index in [0.29, 0.717) is 18.5 Å². The fourth-order valence-electron chi connectivity index (χ4n) is 4.04. The number of likely N-dealkylation sites (tertiary alicyclic amines) is 1. The summed E-state index contributed by atoms with van der Waals surface area (Å²) in [6.07, 6.45) is 0.348. The number of ether oxygens (including phenoxy) is 1. The zero-order valence-corrected chi connectivity index (χ0v) is 17.9. The Hall–Kier alpha value is -2.38. The van der Waals surface area contributed by atoms with Crippen molar-refractivity contribution in [3.63, 3.8) is 0 Å². The van der Waals surface area contributed by atoms with E-state index in [9.17, 15) is 17.8 Å². The molecule has 0 bridgehead atoms. The van der Waals surface area contributed by atoms with E-state index in [1.807, 2.05) is 49.9 Å². The molecule has 0 saturated carbocycles. The molecule has 0 aromatic heterocycles. The second kappa shape index (κ2) is 8.16. The fourth-order valence-corrected chi connectivity index (χ4v) is 4.83. The molecular weight excluding hydrogens is 390 g/mol. The Bertz CT molecular complexity index is 1000. The highest BCUT2D eigenvalue weighted by atomic mass is 32.2. The Morgan fingerprint density at radius 2 is 1.79 bits per heavy atom. The standard InChI is InChI=1S/C22H27NO5S/c1-14-5-10-21(29(25,26)27)20(11-14)15(2)18-12-22(24)23(13-18)16(3)17-6-8-19(28-4)9-7-17/h5-11,15-16,18H,12-13H2,1-4H3,(H,25,26,27)/t15-,16-,18-/m0/s1. The van der Waals surface area contributed by atoms with Gasteiger partial charge in [0.1, 0.15) is 5.75 Å². The maximum Gasteiger partial charge on any atom is 0.294 e. The summed E-state index contributed by atoms with van der Waals surface area (Å²) in [5.41, 5.74) is 2.48. The zero-order valence-electron chi connectivity index (χ0n) is 17.1. The van der Waals surface area contributed by atoms with Gasteiger partial charge in [0, 0.05) is 13.0 Å². The van der Waals surface area contributed by atoms with E-state index < -0.39 is 10.1 Å². The van der Waals surface area contributed by atoms with Gasteiger partial charge < -0.3 is 9.64 Å². The lowest BCUT2D eigenvalue weighted by Gasteiger charge is -2.27. The molecule has 2 aromatic carbocycles. The second-order valence-electron chi connectivity index (χ2n) is 7.76. The van der Waals surface area contributed by atoms with Crippen molar-refractivity contribution in [1.82, 2.24) is 4.90 Å². The van der Waals surface area contributed by atoms with Crippen LogP contribution in [0, 0.1) is 12.8 Å². The Morgan fingerprint density at radius 3 is 2.38 bits per heavy atom. The van der Waals surface area contributed by atoms with Crippen molar-refractivity contribution in [2.45, 2.75) is 44.0 Å². The van der Waals surface area contributed by atoms with Crippen molar-refractivity contribution in [3.05, 3.63) is 59.2 Å². The number of amides is 1. The van der Waals surface area contributed by atoms with Gasteiger partial charge in [-0.05, 0) is 55.0 Å². The molecule has 6 nitrogen and oxygen atoms in total. The van der Waals surface area contributed by atoms with Gasteiger partial charge in [0.2, 0.25) is 5.91 Å². The van der Waals surface area contributed by atoms with Crippen LogP contribution < -0.4 is 4.74 Å². The molecule has 7 heteroatoms. The summed E-state index contributed by atoms with van der Waals surface area (Å²) in [6.45, 7) is 6.32. The van der Waals surface area contributed by atoms with E-state index in [0.717, 1.165) is 16.9 Å². The number of aryl methyl sites for hydroxylation is 1. The fraction of sp³-hybridized carbons (Fsp3) is 0.409. The molecule has 0 unspecified atom stereocenters. The molecule has 1 fully saturated rings. The first-order valence-electron chi connectivity index (χ1n) is 9.63. The highest BCUT2D eigenvalue weighted by Crippen LogP contribution is 2.38. The Labute approximate surface area is 172 Å². The lowest BCUT2D eigenvalue weighted by molar-refractivity contribution is -0.129. The van der Waals surface area contributed by atoms with Crippen molar-refractivity contribution in [3.8, 4) is 5.75 Å². The molecule has 0 spiro atoms. The van der Waals surface area contributed by atoms with E-state index in [-0.39, 0.29) is 28.7 Å². The number of nitrogens with zero attached hydrogens (tertiary/aromatic N) is 1. The van der Waals surface area contributed by atoms with Gasteiger partial charge in [-0.2, -0.15) is 8.42 Å². The number of rotatable bonds is 6. The molecule has 1 aliphatic heterocycles. The van der Waals surface area contributed by atoms with Crippen LogP contribution in [0.1, 0.15) is 48.9 Å². The lowest BCUT2D eigenvalue weighted by Crippen LogP contribution is -2.29. The first-order valence-corrected chi connectivity index (χ1v) is 11.1. The number of hydrogen-bond donors (Lipinski definition) is 1. The van der Waals surface area contributed by atoms with Crippen molar-refractivity contribution in [1.29, 1.82) is 0 Å². The predicted molar refractivity (Wildman–Crippen MR) is 111 cm³/mol. The van der Waals surface area contributed by atoms with Crippen molar-refractivity contribution < 1.29 is 22.5 Å². The van der Waals surface area contributed by atoms with Crippen LogP contribution >= 0.6 is 0 Å². The summed E-state index contributed by atoms with van der Waals surface area (Å²) in [6, 6.07) is 12.4. The second-order valence-corrected chi connectivity index (χ2v) is 9.15. The van der Waals surface area contributed by atoms with E-state index in [1.165, 1.54) is 6.07 Å². The maximum atomic E-state index is 12.7. The normalized spacial score (nSPS) is 19.3. The Morgan fingerprint density at radius 1 is 1.14 bits per heavy atom. The van der Waals surface area contributed by atoms with Gasteiger partial charge in [0.25, 0.3) is 10.1 Å². The average Bonchev–Trinajstić information content (AvgIpc) is 3.07. The monoisotopic (exact) mass is 417 g/mol. The summed E-state index contributed by atoms with van der Waals surface area (Å²) in [5.74, 6) is 0.581. The summed E-state index contributed by atoms with van der Waals surface area (Å²) in [7, 11) is -2.72. The van der Waals surface area contributed by atoms with Crippen LogP contribution in [0.2, 0.25) is 0 Å². The molecule has 0 aliphatic carbocycles. The van der Waals surface area contributed by atoms with Crippen LogP contribution in [0.5, 0.6) is 5.75 Å². The third-order valence-corrected chi connectivity index (χ3v) is 6.82. The first kappa shape index (κ1) is 21.3. The Balaban J connectivity index is 1.84. The van der Waals surface area contributed by atoms with E-state index in [2.05, 4.69) is 0 Å². The molecule has 156 valence electrons. The molecular formula is C22H27NO5S. The maximum absolute atomic E-state index is 12.7. The van der Waals surface area contributed by atoms with Gasteiger partial charge in [0.05, 0.1) is 18.0 Å². The van der Waals surface area contributed by atoms with Gasteiger partial charge in [-0.1, -0.05) is 36.8 Å². The zero-order chi connectivity index (χ0) is 21.3. The Kier molecular flexibility index (Phi) is 6.00. The number of carbonyl (C=O) groups excluding carboxylic acids is 1. The minimum absolute atomic E-state index is 0.0366. The minimum Gasteiger partial charge on any atom is -0.497 e. The molecule has 1 amide bonds. The quantitative estimate of drug-likeness (QED) is 0.719. The number of methoxy groups -OCH3 is 1. The number of benzene rings is 2. The summed E-state index contributed by atoms with van der Waals surface area (Å²) < 4.78 is 38.5. The summed E-state index contributed by atoms with van der Waals surface area (Å²) in [4.78, 5) is 14.5. The molecule has 1 aliphatic rings. The molecule has 1 heterocycles. The minimum atomic E-state index is -4.33. The van der Waals surface area contributed by atoms with Gasteiger partial charge in [-0.25, -0.2) is 0 Å². The van der Waals surface area contributed by atoms with Crippen LogP contribution in [0.3, 0.4) is 0 Å². The lowest BCUT2D eigenvalue weighted by atomic mass is 9.86. The van der Waals surface area contributed by atoms with Crippen molar-refractivity contribution >= 4 is 16.0 Å². The van der Waals surface area contributed by atoms with Crippen LogP contribution in [-0.2, 0) is 14.9 Å². The summed E-state index contributed by atoms with van der Waals surface area (Å²) >= 11 is 0. The smallest absolute Gasteiger partial charge is 0.294 e. The van der Waals surface area contributed by atoms with Crippen molar-refractivity contribution in [2.75, 3.05) is 13.7 Å². The van der Waals surface area contributed by atoms with Gasteiger partial charge in [-0.3, -0.25) is 9.35 Å². The van der Waals surface area contributed by atoms with Crippen LogP contribution in [-0.4, -0.2) is 37.4 Å². The van der Waals surface area contributed by atoms with Crippen LogP contribution in [0.15, 0.2) is 47.4 Å². The SMILES string of the molecule is COc1ccc([C@H](C)N2C[C@@H]([C@H](C)c3cc(C)ccc3S(=O)(=O)O)CC2=O)cc1. The highest BCUT2D eigenvalue weighted by Gasteiger charge is 2.37. The van der Waals surface area contributed by atoms with Gasteiger partial charge in [0.15, 0.2) is 0 Å². The van der Waals surface area contributed by atoms with Crippen molar-refractivity contribution in [2.24, 2.45) is 5.92 Å². The molecule has 2 aromatic rings. The summed E-state index contributed by atoms with van der Waals surface area (Å²) in [5, 5.41) is 0. The number of carbonyl (C=O) groups is 1. The molecule has 3 atom stereocenters. The topological polar surface area (TPSA) is 83.9 Å². The van der Waals surface area contributed by atoms with Crippen LogP contribution in [0.4, 0.5) is 0 Å². The molecule has 1 saturated heterocycles. The molecule has 1 N–H and O–H groups in total. The highest BCUT2D eigenvalue weighted by molar-refractivity contribution is 7.85. The third kappa shape index (κ3) is 4.46. The van der Waals surface area contributed by atoms with Gasteiger partial charge >= 0.3 is 0 Å². The van der Waals surface area contributed by atoms with Gasteiger partial charge in [-0.15, -0.1) is 0 Å². The number of hydrogen-bond acceptors (Lipinski definition) is 4. The molecule has 29 heavy (non-hydrogen) atoms.